The highest BCUT2D eigenvalue weighted by Crippen LogP contribution is 2.17. The van der Waals surface area contributed by atoms with Crippen LogP contribution in [0.15, 0.2) is 4.99 Å². The molecule has 0 amide bonds. The Kier molecular flexibility index (Phi) is 5.42. The monoisotopic (exact) mass is 214 g/mol. The first-order valence-corrected chi connectivity index (χ1v) is 5.56. The minimum Gasteiger partial charge on any atom is -0.384 e. The van der Waals surface area contributed by atoms with Gasteiger partial charge in [0.25, 0.3) is 0 Å². The first-order valence-electron chi connectivity index (χ1n) is 5.56. The van der Waals surface area contributed by atoms with Crippen LogP contribution in [0.1, 0.15) is 19.8 Å². The summed E-state index contributed by atoms with van der Waals surface area (Å²) in [5, 5.41) is 0. The number of guanidine groups is 1. The molecule has 1 saturated heterocycles. The molecule has 0 aromatic heterocycles. The second kappa shape index (κ2) is 6.63. The van der Waals surface area contributed by atoms with E-state index in [0.29, 0.717) is 5.92 Å². The van der Waals surface area contributed by atoms with Gasteiger partial charge in [0.05, 0.1) is 0 Å². The third kappa shape index (κ3) is 3.68. The fraction of sp³-hybridized carbons (Fsp3) is 0.900. The molecule has 1 heterocycles. The number of nitrogens with two attached hydrogens (primary N) is 1. The van der Waals surface area contributed by atoms with Gasteiger partial charge < -0.3 is 9.64 Å². The molecule has 0 aromatic carbocycles. The summed E-state index contributed by atoms with van der Waals surface area (Å²) in [5.41, 5.74) is 2.66. The molecule has 15 heavy (non-hydrogen) atoms. The van der Waals surface area contributed by atoms with E-state index >= 15 is 0 Å². The average molecular weight is 214 g/mol. The first kappa shape index (κ1) is 12.3. The number of piperidine rings is 1. The van der Waals surface area contributed by atoms with Crippen LogP contribution in [-0.2, 0) is 4.74 Å². The van der Waals surface area contributed by atoms with Crippen molar-refractivity contribution in [1.29, 1.82) is 0 Å². The molecule has 0 saturated carbocycles. The van der Waals surface area contributed by atoms with Crippen molar-refractivity contribution in [1.82, 2.24) is 10.3 Å². The summed E-state index contributed by atoms with van der Waals surface area (Å²) in [5.74, 6) is 6.94. The lowest BCUT2D eigenvalue weighted by molar-refractivity contribution is 0.118. The molecule has 88 valence electrons. The number of aliphatic imine (C=N–C) groups is 1. The van der Waals surface area contributed by atoms with Crippen LogP contribution in [0.5, 0.6) is 0 Å². The number of hydrogen-bond donors (Lipinski definition) is 2. The van der Waals surface area contributed by atoms with Gasteiger partial charge in [-0.3, -0.25) is 10.4 Å². The molecule has 0 atom stereocenters. The Bertz CT molecular complexity index is 200. The number of nitrogens with one attached hydrogen (secondary N) is 1. The molecule has 3 N–H and O–H groups in total. The standard InChI is InChI=1S/C10H22N4O/c1-3-12-10(13-11)14-6-4-9(5-7-14)8-15-2/h9H,3-8,11H2,1-2H3,(H,12,13). The summed E-state index contributed by atoms with van der Waals surface area (Å²) in [4.78, 5) is 6.52. The molecule has 1 rings (SSSR count). The van der Waals surface area contributed by atoms with Crippen LogP contribution >= 0.6 is 0 Å². The zero-order chi connectivity index (χ0) is 11.1. The molecule has 5 nitrogen and oxygen atoms in total. The van der Waals surface area contributed by atoms with Crippen molar-refractivity contribution in [3.05, 3.63) is 0 Å². The van der Waals surface area contributed by atoms with Crippen LogP contribution in [0.2, 0.25) is 0 Å². The number of rotatable bonds is 3. The van der Waals surface area contributed by atoms with E-state index in [9.17, 15) is 0 Å². The molecule has 0 spiro atoms. The lowest BCUT2D eigenvalue weighted by Gasteiger charge is -2.33. The van der Waals surface area contributed by atoms with E-state index in [-0.39, 0.29) is 0 Å². The highest BCUT2D eigenvalue weighted by Gasteiger charge is 2.20. The van der Waals surface area contributed by atoms with Crippen molar-refractivity contribution >= 4 is 5.96 Å². The van der Waals surface area contributed by atoms with E-state index in [1.165, 1.54) is 0 Å². The van der Waals surface area contributed by atoms with Crippen LogP contribution < -0.4 is 11.3 Å². The van der Waals surface area contributed by atoms with Crippen molar-refractivity contribution < 1.29 is 4.74 Å². The maximum atomic E-state index is 5.44. The number of ether oxygens (including phenoxy) is 1. The predicted molar refractivity (Wildman–Crippen MR) is 61.5 cm³/mol. The van der Waals surface area contributed by atoms with Gasteiger partial charge in [0.1, 0.15) is 0 Å². The Morgan fingerprint density at radius 1 is 1.53 bits per heavy atom. The second-order valence-corrected chi connectivity index (χ2v) is 3.83. The molecule has 0 aromatic rings. The maximum Gasteiger partial charge on any atom is 0.208 e. The van der Waals surface area contributed by atoms with E-state index in [4.69, 9.17) is 10.6 Å². The molecule has 0 aliphatic carbocycles. The lowest BCUT2D eigenvalue weighted by Crippen LogP contribution is -2.48. The topological polar surface area (TPSA) is 62.9 Å². The van der Waals surface area contributed by atoms with E-state index < -0.39 is 0 Å². The van der Waals surface area contributed by atoms with Gasteiger partial charge in [-0.2, -0.15) is 0 Å². The van der Waals surface area contributed by atoms with Crippen molar-refractivity contribution in [3.8, 4) is 0 Å². The Morgan fingerprint density at radius 3 is 2.67 bits per heavy atom. The first-order chi connectivity index (χ1) is 7.31. The molecule has 0 bridgehead atoms. The summed E-state index contributed by atoms with van der Waals surface area (Å²) in [6.45, 7) is 5.66. The van der Waals surface area contributed by atoms with Crippen LogP contribution in [0, 0.1) is 5.92 Å². The quantitative estimate of drug-likeness (QED) is 0.304. The van der Waals surface area contributed by atoms with Crippen molar-refractivity contribution in [3.63, 3.8) is 0 Å². The molecular formula is C10H22N4O. The van der Waals surface area contributed by atoms with Gasteiger partial charge in [0.15, 0.2) is 0 Å². The van der Waals surface area contributed by atoms with Gasteiger partial charge >= 0.3 is 0 Å². The van der Waals surface area contributed by atoms with E-state index in [0.717, 1.165) is 45.0 Å². The van der Waals surface area contributed by atoms with E-state index in [1.54, 1.807) is 7.11 Å². The largest absolute Gasteiger partial charge is 0.384 e. The zero-order valence-corrected chi connectivity index (χ0v) is 9.70. The normalized spacial score (nSPS) is 19.4. The van der Waals surface area contributed by atoms with Gasteiger partial charge in [-0.15, -0.1) is 0 Å². The number of likely N-dealkylation sites (tertiary alicyclic amines) is 1. The summed E-state index contributed by atoms with van der Waals surface area (Å²) in [7, 11) is 1.76. The summed E-state index contributed by atoms with van der Waals surface area (Å²) in [6, 6.07) is 0. The third-order valence-electron chi connectivity index (χ3n) is 2.75. The van der Waals surface area contributed by atoms with E-state index in [2.05, 4.69) is 15.3 Å². The second-order valence-electron chi connectivity index (χ2n) is 3.83. The van der Waals surface area contributed by atoms with Crippen LogP contribution in [0.4, 0.5) is 0 Å². The Hall–Kier alpha value is -0.810. The van der Waals surface area contributed by atoms with Gasteiger partial charge in [-0.25, -0.2) is 5.84 Å². The minimum absolute atomic E-state index is 0.687. The molecule has 0 radical (unpaired) electrons. The maximum absolute atomic E-state index is 5.44. The number of hydrogen-bond acceptors (Lipinski definition) is 3. The van der Waals surface area contributed by atoms with Crippen molar-refractivity contribution in [2.24, 2.45) is 16.8 Å². The molecule has 1 aliphatic rings. The number of hydrazine groups is 1. The molecule has 0 unspecified atom stereocenters. The molecule has 1 fully saturated rings. The highest BCUT2D eigenvalue weighted by atomic mass is 16.5. The van der Waals surface area contributed by atoms with Crippen LogP contribution in [-0.4, -0.2) is 44.2 Å². The van der Waals surface area contributed by atoms with Gasteiger partial charge in [0, 0.05) is 33.4 Å². The summed E-state index contributed by atoms with van der Waals surface area (Å²) in [6.07, 6.45) is 2.30. The zero-order valence-electron chi connectivity index (χ0n) is 9.70. The SMILES string of the molecule is CCN=C(NN)N1CCC(COC)CC1. The predicted octanol–water partition coefficient (Wildman–Crippen LogP) is 0.184. The molecule has 5 heteroatoms. The highest BCUT2D eigenvalue weighted by molar-refractivity contribution is 5.79. The van der Waals surface area contributed by atoms with Gasteiger partial charge in [-0.05, 0) is 25.7 Å². The van der Waals surface area contributed by atoms with Crippen LogP contribution in [0.25, 0.3) is 0 Å². The van der Waals surface area contributed by atoms with Gasteiger partial charge in [-0.1, -0.05) is 0 Å². The van der Waals surface area contributed by atoms with Gasteiger partial charge in [0.2, 0.25) is 5.96 Å². The summed E-state index contributed by atoms with van der Waals surface area (Å²) >= 11 is 0. The summed E-state index contributed by atoms with van der Waals surface area (Å²) < 4.78 is 5.16. The number of nitrogens with zero attached hydrogens (tertiary/aromatic N) is 2. The van der Waals surface area contributed by atoms with Crippen LogP contribution in [0.3, 0.4) is 0 Å². The minimum atomic E-state index is 0.687. The fourth-order valence-electron chi connectivity index (χ4n) is 1.93. The van der Waals surface area contributed by atoms with E-state index in [1.807, 2.05) is 6.92 Å². The number of methoxy groups -OCH3 is 1. The Morgan fingerprint density at radius 2 is 2.20 bits per heavy atom. The van der Waals surface area contributed by atoms with Crippen molar-refractivity contribution in [2.45, 2.75) is 19.8 Å². The Balaban J connectivity index is 2.38. The Labute approximate surface area is 91.6 Å². The molecular weight excluding hydrogens is 192 g/mol. The molecule has 1 aliphatic heterocycles. The fourth-order valence-corrected chi connectivity index (χ4v) is 1.93. The lowest BCUT2D eigenvalue weighted by atomic mass is 9.98. The smallest absolute Gasteiger partial charge is 0.208 e. The van der Waals surface area contributed by atoms with Crippen molar-refractivity contribution in [2.75, 3.05) is 33.4 Å². The average Bonchev–Trinajstić information content (AvgIpc) is 2.28. The third-order valence-corrected chi connectivity index (χ3v) is 2.75.